The Labute approximate surface area is 128 Å². The van der Waals surface area contributed by atoms with Gasteiger partial charge in [0.25, 0.3) is 11.5 Å². The van der Waals surface area contributed by atoms with Crippen LogP contribution in [0.4, 0.5) is 0 Å². The molecule has 1 aromatic carbocycles. The zero-order valence-electron chi connectivity index (χ0n) is 11.7. The van der Waals surface area contributed by atoms with Crippen molar-refractivity contribution >= 4 is 17.5 Å². The zero-order valence-corrected chi connectivity index (χ0v) is 12.5. The maximum Gasteiger partial charge on any atom is 0.266 e. The van der Waals surface area contributed by atoms with Crippen molar-refractivity contribution in [3.8, 4) is 0 Å². The highest BCUT2D eigenvalue weighted by Crippen LogP contribution is 2.18. The third-order valence-corrected chi connectivity index (χ3v) is 3.67. The van der Waals surface area contributed by atoms with Gasteiger partial charge in [0.1, 0.15) is 5.02 Å². The molecule has 2 rings (SSSR count). The smallest absolute Gasteiger partial charge is 0.266 e. The van der Waals surface area contributed by atoms with Crippen LogP contribution in [0, 0.1) is 0 Å². The van der Waals surface area contributed by atoms with Crippen LogP contribution >= 0.6 is 11.6 Å². The second-order valence-electron chi connectivity index (χ2n) is 4.79. The molecule has 0 radical (unpaired) electrons. The Morgan fingerprint density at radius 2 is 2.05 bits per heavy atom. The van der Waals surface area contributed by atoms with Crippen molar-refractivity contribution < 1.29 is 4.79 Å². The van der Waals surface area contributed by atoms with E-state index in [2.05, 4.69) is 29.4 Å². The molecule has 0 unspecified atom stereocenters. The van der Waals surface area contributed by atoms with Crippen LogP contribution < -0.4 is 10.9 Å². The molecule has 0 fully saturated rings. The van der Waals surface area contributed by atoms with E-state index in [9.17, 15) is 9.59 Å². The first-order valence-electron chi connectivity index (χ1n) is 6.83. The first-order chi connectivity index (χ1) is 10.1. The van der Waals surface area contributed by atoms with E-state index >= 15 is 0 Å². The Hall–Kier alpha value is -2.07. The molecule has 0 aliphatic rings. The number of halogens is 1. The van der Waals surface area contributed by atoms with Crippen LogP contribution in [0.1, 0.15) is 35.2 Å². The van der Waals surface area contributed by atoms with Crippen molar-refractivity contribution in [2.45, 2.75) is 19.3 Å². The average Bonchev–Trinajstić information content (AvgIpc) is 2.51. The summed E-state index contributed by atoms with van der Waals surface area (Å²) in [6, 6.07) is 11.4. The lowest BCUT2D eigenvalue weighted by Crippen LogP contribution is -2.29. The largest absolute Gasteiger partial charge is 0.351 e. The average molecular weight is 305 g/mol. The second kappa shape index (κ2) is 7.09. The Morgan fingerprint density at radius 3 is 2.67 bits per heavy atom. The molecular weight excluding hydrogens is 288 g/mol. The molecule has 2 N–H and O–H groups in total. The number of nitrogens with one attached hydrogen (secondary N) is 2. The highest BCUT2D eigenvalue weighted by Gasteiger charge is 2.12. The topological polar surface area (TPSA) is 62.0 Å². The number of pyridine rings is 1. The maximum absolute atomic E-state index is 12.1. The van der Waals surface area contributed by atoms with E-state index in [0.29, 0.717) is 12.1 Å². The molecule has 0 aliphatic carbocycles. The number of carbonyl (C=O) groups is 1. The van der Waals surface area contributed by atoms with Crippen molar-refractivity contribution in [2.24, 2.45) is 0 Å². The Balaban J connectivity index is 2.02. The molecule has 1 atom stereocenters. The minimum absolute atomic E-state index is 0.0118. The number of amides is 1. The predicted molar refractivity (Wildman–Crippen MR) is 83.9 cm³/mol. The second-order valence-corrected chi connectivity index (χ2v) is 5.20. The molecular formula is C16H17ClN2O2. The van der Waals surface area contributed by atoms with Crippen LogP contribution in [-0.4, -0.2) is 17.4 Å². The molecule has 0 saturated carbocycles. The molecule has 0 saturated heterocycles. The van der Waals surface area contributed by atoms with Gasteiger partial charge in [-0.2, -0.15) is 0 Å². The van der Waals surface area contributed by atoms with Crippen LogP contribution in [0.3, 0.4) is 0 Å². The van der Waals surface area contributed by atoms with E-state index in [1.807, 2.05) is 18.2 Å². The number of carbonyl (C=O) groups excluding carboxylic acids is 1. The molecule has 110 valence electrons. The zero-order chi connectivity index (χ0) is 15.2. The van der Waals surface area contributed by atoms with Gasteiger partial charge in [-0.3, -0.25) is 9.59 Å². The Bertz CT molecular complexity index is 667. The van der Waals surface area contributed by atoms with E-state index < -0.39 is 5.56 Å². The normalized spacial score (nSPS) is 11.9. The summed E-state index contributed by atoms with van der Waals surface area (Å²) in [6.45, 7) is 2.62. The van der Waals surface area contributed by atoms with Crippen molar-refractivity contribution in [3.63, 3.8) is 0 Å². The van der Waals surface area contributed by atoms with Crippen molar-refractivity contribution in [3.05, 3.63) is 69.1 Å². The van der Waals surface area contributed by atoms with E-state index in [-0.39, 0.29) is 16.8 Å². The highest BCUT2D eigenvalue weighted by molar-refractivity contribution is 6.30. The van der Waals surface area contributed by atoms with Gasteiger partial charge in [-0.25, -0.2) is 0 Å². The number of H-pyrrole nitrogens is 1. The molecule has 1 amide bonds. The summed E-state index contributed by atoms with van der Waals surface area (Å²) in [5, 5.41) is 2.89. The first kappa shape index (κ1) is 15.3. The SMILES string of the molecule is CC[C@@H](CNC(=O)c1c[nH]c(=O)c(Cl)c1)c1ccccc1. The van der Waals surface area contributed by atoms with Gasteiger partial charge < -0.3 is 10.3 Å². The Kier molecular flexibility index (Phi) is 5.17. The summed E-state index contributed by atoms with van der Waals surface area (Å²) in [4.78, 5) is 25.7. The lowest BCUT2D eigenvalue weighted by Gasteiger charge is -2.16. The number of hydrogen-bond donors (Lipinski definition) is 2. The van der Waals surface area contributed by atoms with Gasteiger partial charge in [-0.15, -0.1) is 0 Å². The van der Waals surface area contributed by atoms with E-state index in [1.165, 1.54) is 17.8 Å². The van der Waals surface area contributed by atoms with Gasteiger partial charge >= 0.3 is 0 Å². The van der Waals surface area contributed by atoms with Crippen molar-refractivity contribution in [2.75, 3.05) is 6.54 Å². The molecule has 21 heavy (non-hydrogen) atoms. The van der Waals surface area contributed by atoms with Crippen LogP contribution in [0.15, 0.2) is 47.4 Å². The standard InChI is InChI=1S/C16H17ClN2O2/c1-2-11(12-6-4-3-5-7-12)9-18-15(20)13-8-14(17)16(21)19-10-13/h3-8,10-11H,2,9H2,1H3,(H,18,20)(H,19,21)/t11-/m0/s1. The van der Waals surface area contributed by atoms with Gasteiger partial charge in [-0.1, -0.05) is 48.9 Å². The quantitative estimate of drug-likeness (QED) is 0.892. The maximum atomic E-state index is 12.1. The minimum Gasteiger partial charge on any atom is -0.351 e. The summed E-state index contributed by atoms with van der Waals surface area (Å²) in [7, 11) is 0. The van der Waals surface area contributed by atoms with Crippen LogP contribution in [0.2, 0.25) is 5.02 Å². The number of aromatic amines is 1. The summed E-state index contributed by atoms with van der Waals surface area (Å²) in [5.41, 5.74) is 1.14. The molecule has 2 aromatic rings. The van der Waals surface area contributed by atoms with Crippen LogP contribution in [-0.2, 0) is 0 Å². The molecule has 1 heterocycles. The van der Waals surface area contributed by atoms with Gasteiger partial charge in [-0.05, 0) is 18.1 Å². The van der Waals surface area contributed by atoms with Crippen LogP contribution in [0.25, 0.3) is 0 Å². The third-order valence-electron chi connectivity index (χ3n) is 3.39. The monoisotopic (exact) mass is 304 g/mol. The van der Waals surface area contributed by atoms with Crippen molar-refractivity contribution in [1.29, 1.82) is 0 Å². The van der Waals surface area contributed by atoms with Crippen molar-refractivity contribution in [1.82, 2.24) is 10.3 Å². The van der Waals surface area contributed by atoms with Gasteiger partial charge in [0.05, 0.1) is 5.56 Å². The van der Waals surface area contributed by atoms with Gasteiger partial charge in [0, 0.05) is 18.7 Å². The molecule has 5 heteroatoms. The third kappa shape index (κ3) is 3.95. The summed E-state index contributed by atoms with van der Waals surface area (Å²) in [5.74, 6) is 0.0101. The number of rotatable bonds is 5. The first-order valence-corrected chi connectivity index (χ1v) is 7.21. The fraction of sp³-hybridized carbons (Fsp3) is 0.250. The summed E-state index contributed by atoms with van der Waals surface area (Å²) < 4.78 is 0. The molecule has 0 aliphatic heterocycles. The highest BCUT2D eigenvalue weighted by atomic mass is 35.5. The molecule has 4 nitrogen and oxygen atoms in total. The fourth-order valence-electron chi connectivity index (χ4n) is 2.13. The number of benzene rings is 1. The van der Waals surface area contributed by atoms with E-state index in [0.717, 1.165) is 6.42 Å². The predicted octanol–water partition coefficient (Wildman–Crippen LogP) is 2.95. The molecule has 0 spiro atoms. The lowest BCUT2D eigenvalue weighted by atomic mass is 9.96. The Morgan fingerprint density at radius 1 is 1.33 bits per heavy atom. The number of aromatic nitrogens is 1. The van der Waals surface area contributed by atoms with E-state index in [1.54, 1.807) is 0 Å². The molecule has 0 bridgehead atoms. The molecule has 1 aromatic heterocycles. The van der Waals surface area contributed by atoms with Gasteiger partial charge in [0.2, 0.25) is 0 Å². The van der Waals surface area contributed by atoms with Gasteiger partial charge in [0.15, 0.2) is 0 Å². The van der Waals surface area contributed by atoms with E-state index in [4.69, 9.17) is 11.6 Å². The minimum atomic E-state index is -0.399. The number of hydrogen-bond acceptors (Lipinski definition) is 2. The lowest BCUT2D eigenvalue weighted by molar-refractivity contribution is 0.0950. The summed E-state index contributed by atoms with van der Waals surface area (Å²) in [6.07, 6.45) is 2.30. The van der Waals surface area contributed by atoms with Crippen LogP contribution in [0.5, 0.6) is 0 Å². The summed E-state index contributed by atoms with van der Waals surface area (Å²) >= 11 is 5.72. The fourth-order valence-corrected chi connectivity index (χ4v) is 2.30.